The summed E-state index contributed by atoms with van der Waals surface area (Å²) in [5, 5.41) is 5.35. The Balaban J connectivity index is 4.29. The first-order valence-corrected chi connectivity index (χ1v) is 11.6. The molecule has 0 aliphatic carbocycles. The van der Waals surface area contributed by atoms with Gasteiger partial charge in [-0.2, -0.15) is 0 Å². The molecule has 1 unspecified atom stereocenters. The van der Waals surface area contributed by atoms with Crippen LogP contribution in [0.15, 0.2) is 0 Å². The van der Waals surface area contributed by atoms with Crippen LogP contribution in [-0.4, -0.2) is 67.2 Å². The number of nitrogens with two attached hydrogens (primary N) is 3. The molecule has 0 aromatic rings. The summed E-state index contributed by atoms with van der Waals surface area (Å²) in [4.78, 5) is 46.3. The minimum atomic E-state index is -0.786. The van der Waals surface area contributed by atoms with Crippen molar-refractivity contribution in [3.63, 3.8) is 0 Å². The molecule has 0 aromatic carbocycles. The minimum Gasteiger partial charge on any atom is -0.373 e. The third-order valence-electron chi connectivity index (χ3n) is 5.02. The molecule has 0 aliphatic heterocycles. The molecule has 34 heavy (non-hydrogen) atoms. The van der Waals surface area contributed by atoms with E-state index in [2.05, 4.69) is 16.1 Å². The summed E-state index contributed by atoms with van der Waals surface area (Å²) in [5.41, 5.74) is 11.9. The molecule has 12 heteroatoms. The van der Waals surface area contributed by atoms with Gasteiger partial charge < -0.3 is 31.6 Å². The zero-order chi connectivity index (χ0) is 26.2. The van der Waals surface area contributed by atoms with Gasteiger partial charge in [-0.15, -0.1) is 0 Å². The van der Waals surface area contributed by atoms with Crippen molar-refractivity contribution >= 4 is 23.6 Å². The number of ether oxygens (including phenoxy) is 2. The van der Waals surface area contributed by atoms with Crippen LogP contribution in [0.4, 0.5) is 0 Å². The third-order valence-corrected chi connectivity index (χ3v) is 5.02. The van der Waals surface area contributed by atoms with Crippen molar-refractivity contribution in [1.29, 1.82) is 0 Å². The Morgan fingerprint density at radius 2 is 1.53 bits per heavy atom. The Hall–Kier alpha value is -2.28. The van der Waals surface area contributed by atoms with Crippen LogP contribution in [0.5, 0.6) is 0 Å². The van der Waals surface area contributed by atoms with Gasteiger partial charge in [-0.25, -0.2) is 0 Å². The fourth-order valence-electron chi connectivity index (χ4n) is 2.86. The van der Waals surface area contributed by atoms with Crippen molar-refractivity contribution in [2.45, 2.75) is 89.9 Å². The van der Waals surface area contributed by atoms with Crippen LogP contribution in [0, 0.1) is 0 Å². The molecule has 1 atom stereocenters. The van der Waals surface area contributed by atoms with Crippen molar-refractivity contribution in [2.75, 3.05) is 26.3 Å². The van der Waals surface area contributed by atoms with Crippen molar-refractivity contribution in [1.82, 2.24) is 16.1 Å². The van der Waals surface area contributed by atoms with E-state index in [1.807, 2.05) is 27.7 Å². The summed E-state index contributed by atoms with van der Waals surface area (Å²) < 4.78 is 11.7. The van der Waals surface area contributed by atoms with Crippen LogP contribution < -0.4 is 33.4 Å². The average molecular weight is 489 g/mol. The van der Waals surface area contributed by atoms with Gasteiger partial charge in [-0.1, -0.05) is 0 Å². The summed E-state index contributed by atoms with van der Waals surface area (Å²) >= 11 is 0. The van der Waals surface area contributed by atoms with E-state index in [0.29, 0.717) is 52.0 Å². The number of primary amides is 2. The Labute approximate surface area is 202 Å². The van der Waals surface area contributed by atoms with Gasteiger partial charge in [0, 0.05) is 32.4 Å². The second-order valence-corrected chi connectivity index (χ2v) is 9.45. The van der Waals surface area contributed by atoms with Crippen LogP contribution in [0.25, 0.3) is 0 Å². The lowest BCUT2D eigenvalue weighted by molar-refractivity contribution is -0.132. The van der Waals surface area contributed by atoms with Crippen LogP contribution in [0.1, 0.15) is 72.6 Å². The number of carbonyl (C=O) groups excluding carboxylic acids is 4. The van der Waals surface area contributed by atoms with Crippen molar-refractivity contribution in [3.05, 3.63) is 0 Å². The lowest BCUT2D eigenvalue weighted by Crippen LogP contribution is -2.45. The first kappa shape index (κ1) is 31.7. The Morgan fingerprint density at radius 3 is 2.12 bits per heavy atom. The van der Waals surface area contributed by atoms with Gasteiger partial charge in [0.05, 0.1) is 24.4 Å². The molecule has 0 aliphatic rings. The maximum atomic E-state index is 12.4. The van der Waals surface area contributed by atoms with E-state index >= 15 is 0 Å². The largest absolute Gasteiger partial charge is 0.373 e. The van der Waals surface area contributed by atoms with Crippen molar-refractivity contribution in [3.8, 4) is 0 Å². The zero-order valence-electron chi connectivity index (χ0n) is 21.0. The molecule has 12 nitrogen and oxygen atoms in total. The molecule has 9 N–H and O–H groups in total. The number of hydrogen-bond donors (Lipinski definition) is 6. The summed E-state index contributed by atoms with van der Waals surface area (Å²) in [5.74, 6) is 3.55. The highest BCUT2D eigenvalue weighted by molar-refractivity contribution is 5.86. The van der Waals surface area contributed by atoms with E-state index in [1.165, 1.54) is 0 Å². The van der Waals surface area contributed by atoms with E-state index < -0.39 is 29.1 Å². The Morgan fingerprint density at radius 1 is 0.853 bits per heavy atom. The van der Waals surface area contributed by atoms with Gasteiger partial charge in [0.1, 0.15) is 6.04 Å². The Kier molecular flexibility index (Phi) is 15.3. The van der Waals surface area contributed by atoms with Crippen LogP contribution in [0.2, 0.25) is 0 Å². The van der Waals surface area contributed by atoms with Gasteiger partial charge in [0.2, 0.25) is 23.6 Å². The topological polar surface area (TPSA) is 201 Å². The maximum absolute atomic E-state index is 12.4. The SMILES string of the molecule is CC(C)(CCC(=O)NC(CCCCNC(=O)CCC(N)=O)C(N)=O)OCC(C)(C)OCCNN. The van der Waals surface area contributed by atoms with Gasteiger partial charge in [-0.05, 0) is 53.4 Å². The number of amides is 4. The first-order chi connectivity index (χ1) is 15.8. The predicted octanol–water partition coefficient (Wildman–Crippen LogP) is -0.658. The normalized spacial score (nSPS) is 12.7. The fourth-order valence-corrected chi connectivity index (χ4v) is 2.86. The molecule has 0 aromatic heterocycles. The van der Waals surface area contributed by atoms with E-state index in [9.17, 15) is 19.2 Å². The monoisotopic (exact) mass is 488 g/mol. The summed E-state index contributed by atoms with van der Waals surface area (Å²) in [6.45, 7) is 9.32. The first-order valence-electron chi connectivity index (χ1n) is 11.6. The second-order valence-electron chi connectivity index (χ2n) is 9.45. The highest BCUT2D eigenvalue weighted by Crippen LogP contribution is 2.20. The van der Waals surface area contributed by atoms with E-state index in [-0.39, 0.29) is 31.1 Å². The number of unbranched alkanes of at least 4 members (excludes halogenated alkanes) is 1. The number of rotatable bonds is 20. The molecule has 0 saturated heterocycles. The molecule has 0 rings (SSSR count). The number of nitrogens with one attached hydrogen (secondary N) is 3. The highest BCUT2D eigenvalue weighted by atomic mass is 16.6. The summed E-state index contributed by atoms with van der Waals surface area (Å²) in [6, 6.07) is -0.786. The molecule has 0 radical (unpaired) electrons. The summed E-state index contributed by atoms with van der Waals surface area (Å²) in [7, 11) is 0. The third kappa shape index (κ3) is 17.2. The smallest absolute Gasteiger partial charge is 0.239 e. The fraction of sp³-hybridized carbons (Fsp3) is 0.818. The van der Waals surface area contributed by atoms with E-state index in [0.717, 1.165) is 0 Å². The molecule has 0 heterocycles. The maximum Gasteiger partial charge on any atom is 0.239 e. The van der Waals surface area contributed by atoms with Gasteiger partial charge >= 0.3 is 0 Å². The van der Waals surface area contributed by atoms with Gasteiger partial charge in [-0.3, -0.25) is 30.4 Å². The zero-order valence-corrected chi connectivity index (χ0v) is 21.0. The molecular weight excluding hydrogens is 444 g/mol. The van der Waals surface area contributed by atoms with Crippen LogP contribution in [-0.2, 0) is 28.7 Å². The highest BCUT2D eigenvalue weighted by Gasteiger charge is 2.27. The van der Waals surface area contributed by atoms with Crippen LogP contribution >= 0.6 is 0 Å². The van der Waals surface area contributed by atoms with Crippen molar-refractivity contribution in [2.24, 2.45) is 17.3 Å². The molecule has 0 spiro atoms. The quantitative estimate of drug-likeness (QED) is 0.0736. The standard InChI is InChI=1S/C22H44N6O6/c1-21(2,34-15-22(3,4)33-14-13-27-25)11-10-19(31)28-16(20(24)32)7-5-6-12-26-18(30)9-8-17(23)29/h16,27H,5-15,25H2,1-4H3,(H2,23,29)(H2,24,32)(H,26,30)(H,28,31). The average Bonchev–Trinajstić information content (AvgIpc) is 2.74. The van der Waals surface area contributed by atoms with E-state index in [1.54, 1.807) is 0 Å². The Bertz CT molecular complexity index is 656. The molecule has 0 saturated carbocycles. The lowest BCUT2D eigenvalue weighted by atomic mass is 10.0. The number of hydrogen-bond acceptors (Lipinski definition) is 8. The molecule has 0 fully saturated rings. The lowest BCUT2D eigenvalue weighted by Gasteiger charge is -2.32. The van der Waals surface area contributed by atoms with E-state index in [4.69, 9.17) is 26.8 Å². The second kappa shape index (κ2) is 16.4. The molecular formula is C22H44N6O6. The minimum absolute atomic E-state index is 0.00149. The number of hydrazine groups is 1. The summed E-state index contributed by atoms with van der Waals surface area (Å²) in [6.07, 6.45) is 2.21. The van der Waals surface area contributed by atoms with Gasteiger partial charge in [0.15, 0.2) is 0 Å². The van der Waals surface area contributed by atoms with Crippen LogP contribution in [0.3, 0.4) is 0 Å². The van der Waals surface area contributed by atoms with Gasteiger partial charge in [0.25, 0.3) is 0 Å². The van der Waals surface area contributed by atoms with Crippen molar-refractivity contribution < 1.29 is 28.7 Å². The number of carbonyl (C=O) groups is 4. The molecule has 198 valence electrons. The molecule has 4 amide bonds. The molecule has 0 bridgehead atoms. The predicted molar refractivity (Wildman–Crippen MR) is 128 cm³/mol.